The van der Waals surface area contributed by atoms with Gasteiger partial charge in [-0.2, -0.15) is 0 Å². The highest BCUT2D eigenvalue weighted by Gasteiger charge is 2.22. The minimum Gasteiger partial charge on any atom is -0.462 e. The van der Waals surface area contributed by atoms with Gasteiger partial charge in [-0.3, -0.25) is 0 Å². The number of carbonyl (C=O) groups is 1. The molecule has 0 saturated carbocycles. The van der Waals surface area contributed by atoms with Crippen LogP contribution in [0.3, 0.4) is 0 Å². The number of ether oxygens (including phenoxy) is 1. The predicted molar refractivity (Wildman–Crippen MR) is 58.8 cm³/mol. The third-order valence-corrected chi connectivity index (χ3v) is 2.79. The van der Waals surface area contributed by atoms with E-state index in [0.29, 0.717) is 17.9 Å². The number of hydrogen-bond donors (Lipinski definition) is 1. The summed E-state index contributed by atoms with van der Waals surface area (Å²) < 4.78 is 5.02. The maximum atomic E-state index is 11.7. The molecule has 3 nitrogen and oxygen atoms in total. The third-order valence-electron chi connectivity index (χ3n) is 2.79. The van der Waals surface area contributed by atoms with Crippen molar-refractivity contribution in [1.29, 1.82) is 0 Å². The van der Waals surface area contributed by atoms with Crippen LogP contribution in [-0.2, 0) is 17.6 Å². The largest absolute Gasteiger partial charge is 0.462 e. The van der Waals surface area contributed by atoms with E-state index in [1.165, 1.54) is 5.56 Å². The Hall–Kier alpha value is -1.51. The standard InChI is InChI=1S/C12H15NO2/c1-2-15-12(14)11-9-5-3-4-8(9)6-7-10(11)13/h6-7H,2-5,13H2,1H3. The molecular formula is C12H15NO2. The number of fused-ring (bicyclic) bond motifs is 1. The van der Waals surface area contributed by atoms with Gasteiger partial charge < -0.3 is 10.5 Å². The summed E-state index contributed by atoms with van der Waals surface area (Å²) in [4.78, 5) is 11.7. The maximum absolute atomic E-state index is 11.7. The van der Waals surface area contributed by atoms with Gasteiger partial charge >= 0.3 is 5.97 Å². The van der Waals surface area contributed by atoms with Gasteiger partial charge in [0.1, 0.15) is 0 Å². The summed E-state index contributed by atoms with van der Waals surface area (Å²) in [7, 11) is 0. The van der Waals surface area contributed by atoms with E-state index in [2.05, 4.69) is 0 Å². The molecule has 3 heteroatoms. The van der Waals surface area contributed by atoms with Crippen molar-refractivity contribution in [2.75, 3.05) is 12.3 Å². The topological polar surface area (TPSA) is 52.3 Å². The molecule has 0 aliphatic heterocycles. The van der Waals surface area contributed by atoms with Crippen LogP contribution in [0.15, 0.2) is 12.1 Å². The monoisotopic (exact) mass is 205 g/mol. The number of nitrogen functional groups attached to an aromatic ring is 1. The molecule has 0 amide bonds. The molecule has 0 saturated heterocycles. The Morgan fingerprint density at radius 1 is 1.47 bits per heavy atom. The van der Waals surface area contributed by atoms with Crippen LogP contribution in [0.5, 0.6) is 0 Å². The molecule has 1 aliphatic rings. The SMILES string of the molecule is CCOC(=O)c1c(N)ccc2c1CCC2. The van der Waals surface area contributed by atoms with Gasteiger partial charge in [-0.1, -0.05) is 6.07 Å². The zero-order valence-electron chi connectivity index (χ0n) is 8.88. The molecule has 80 valence electrons. The molecule has 0 bridgehead atoms. The van der Waals surface area contributed by atoms with Crippen LogP contribution >= 0.6 is 0 Å². The zero-order valence-corrected chi connectivity index (χ0v) is 8.88. The van der Waals surface area contributed by atoms with E-state index in [-0.39, 0.29) is 5.97 Å². The van der Waals surface area contributed by atoms with Crippen LogP contribution in [0.1, 0.15) is 34.8 Å². The van der Waals surface area contributed by atoms with Crippen molar-refractivity contribution in [1.82, 2.24) is 0 Å². The molecule has 0 atom stereocenters. The number of benzene rings is 1. The molecule has 0 unspecified atom stereocenters. The number of nitrogens with two attached hydrogens (primary N) is 1. The summed E-state index contributed by atoms with van der Waals surface area (Å²) in [5, 5.41) is 0. The fourth-order valence-electron chi connectivity index (χ4n) is 2.13. The van der Waals surface area contributed by atoms with Crippen LogP contribution in [0.2, 0.25) is 0 Å². The molecule has 0 spiro atoms. The van der Waals surface area contributed by atoms with Gasteiger partial charge in [-0.15, -0.1) is 0 Å². The highest BCUT2D eigenvalue weighted by molar-refractivity contribution is 5.97. The van der Waals surface area contributed by atoms with Crippen LogP contribution in [0.25, 0.3) is 0 Å². The molecule has 2 N–H and O–H groups in total. The van der Waals surface area contributed by atoms with E-state index in [0.717, 1.165) is 24.8 Å². The van der Waals surface area contributed by atoms with Crippen LogP contribution in [0.4, 0.5) is 5.69 Å². The highest BCUT2D eigenvalue weighted by atomic mass is 16.5. The van der Waals surface area contributed by atoms with E-state index in [9.17, 15) is 4.79 Å². The Labute approximate surface area is 89.2 Å². The molecule has 0 heterocycles. The van der Waals surface area contributed by atoms with Crippen molar-refractivity contribution >= 4 is 11.7 Å². The van der Waals surface area contributed by atoms with E-state index in [4.69, 9.17) is 10.5 Å². The zero-order chi connectivity index (χ0) is 10.8. The fourth-order valence-corrected chi connectivity index (χ4v) is 2.13. The summed E-state index contributed by atoms with van der Waals surface area (Å²) in [5.74, 6) is -0.284. The average molecular weight is 205 g/mol. The quantitative estimate of drug-likeness (QED) is 0.593. The molecule has 0 radical (unpaired) electrons. The van der Waals surface area contributed by atoms with E-state index >= 15 is 0 Å². The predicted octanol–water partition coefficient (Wildman–Crippen LogP) is 1.93. The van der Waals surface area contributed by atoms with E-state index in [1.54, 1.807) is 13.0 Å². The smallest absolute Gasteiger partial charge is 0.340 e. The number of carbonyl (C=O) groups excluding carboxylic acids is 1. The first-order valence-electron chi connectivity index (χ1n) is 5.31. The summed E-state index contributed by atoms with van der Waals surface area (Å²) >= 11 is 0. The molecule has 1 aromatic rings. The normalized spacial score (nSPS) is 13.7. The summed E-state index contributed by atoms with van der Waals surface area (Å²) in [6.45, 7) is 2.19. The summed E-state index contributed by atoms with van der Waals surface area (Å²) in [6, 6.07) is 3.82. The average Bonchev–Trinajstić information content (AvgIpc) is 2.65. The molecule has 15 heavy (non-hydrogen) atoms. The number of aryl methyl sites for hydroxylation is 1. The van der Waals surface area contributed by atoms with E-state index in [1.807, 2.05) is 6.07 Å². The van der Waals surface area contributed by atoms with E-state index < -0.39 is 0 Å². The highest BCUT2D eigenvalue weighted by Crippen LogP contribution is 2.29. The molecule has 1 aliphatic carbocycles. The van der Waals surface area contributed by atoms with Gasteiger partial charge in [0.25, 0.3) is 0 Å². The molecule has 0 aromatic heterocycles. The third kappa shape index (κ3) is 1.69. The second-order valence-electron chi connectivity index (χ2n) is 3.74. The van der Waals surface area contributed by atoms with Crippen LogP contribution < -0.4 is 5.73 Å². The maximum Gasteiger partial charge on any atom is 0.340 e. The van der Waals surface area contributed by atoms with Gasteiger partial charge in [-0.25, -0.2) is 4.79 Å². The Morgan fingerprint density at radius 3 is 3.00 bits per heavy atom. The Morgan fingerprint density at radius 2 is 2.27 bits per heavy atom. The first kappa shape index (κ1) is 10.0. The van der Waals surface area contributed by atoms with Gasteiger partial charge in [-0.05, 0) is 43.4 Å². The number of hydrogen-bond acceptors (Lipinski definition) is 3. The Balaban J connectivity index is 2.45. The van der Waals surface area contributed by atoms with Crippen molar-refractivity contribution in [2.45, 2.75) is 26.2 Å². The number of esters is 1. The lowest BCUT2D eigenvalue weighted by Gasteiger charge is -2.10. The number of rotatable bonds is 2. The first-order chi connectivity index (χ1) is 7.24. The van der Waals surface area contributed by atoms with Gasteiger partial charge in [0.2, 0.25) is 0 Å². The molecular weight excluding hydrogens is 190 g/mol. The number of anilines is 1. The van der Waals surface area contributed by atoms with Crippen molar-refractivity contribution < 1.29 is 9.53 Å². The van der Waals surface area contributed by atoms with Crippen molar-refractivity contribution in [3.63, 3.8) is 0 Å². The molecule has 2 rings (SSSR count). The lowest BCUT2D eigenvalue weighted by Crippen LogP contribution is -2.11. The Bertz CT molecular complexity index is 399. The van der Waals surface area contributed by atoms with Crippen LogP contribution in [-0.4, -0.2) is 12.6 Å². The minimum absolute atomic E-state index is 0.284. The van der Waals surface area contributed by atoms with Crippen molar-refractivity contribution in [3.05, 3.63) is 28.8 Å². The fraction of sp³-hybridized carbons (Fsp3) is 0.417. The Kier molecular flexibility index (Phi) is 2.62. The van der Waals surface area contributed by atoms with Crippen LogP contribution in [0, 0.1) is 0 Å². The van der Waals surface area contributed by atoms with Crippen molar-refractivity contribution in [2.24, 2.45) is 0 Å². The second-order valence-corrected chi connectivity index (χ2v) is 3.74. The first-order valence-corrected chi connectivity index (χ1v) is 5.31. The summed E-state index contributed by atoms with van der Waals surface area (Å²) in [5.41, 5.74) is 9.28. The summed E-state index contributed by atoms with van der Waals surface area (Å²) in [6.07, 6.45) is 3.09. The lowest BCUT2D eigenvalue weighted by molar-refractivity contribution is 0.0526. The molecule has 0 fully saturated rings. The lowest BCUT2D eigenvalue weighted by atomic mass is 10.0. The minimum atomic E-state index is -0.284. The second kappa shape index (κ2) is 3.93. The van der Waals surface area contributed by atoms with Gasteiger partial charge in [0, 0.05) is 5.69 Å². The molecule has 1 aromatic carbocycles. The van der Waals surface area contributed by atoms with Gasteiger partial charge in [0.05, 0.1) is 12.2 Å². The van der Waals surface area contributed by atoms with Crippen molar-refractivity contribution in [3.8, 4) is 0 Å². The van der Waals surface area contributed by atoms with Gasteiger partial charge in [0.15, 0.2) is 0 Å².